The molecule has 18 heavy (non-hydrogen) atoms. The fourth-order valence-electron chi connectivity index (χ4n) is 2.69. The van der Waals surface area contributed by atoms with E-state index in [-0.39, 0.29) is 0 Å². The van der Waals surface area contributed by atoms with Crippen LogP contribution in [0.2, 0.25) is 0 Å². The molecule has 2 heteroatoms. The van der Waals surface area contributed by atoms with Gasteiger partial charge in [0.15, 0.2) is 0 Å². The zero-order valence-electron chi connectivity index (χ0n) is 11.9. The molecular weight excluding hydrogens is 222 g/mol. The molecule has 0 saturated heterocycles. The predicted octanol–water partition coefficient (Wildman–Crippen LogP) is 4.16. The van der Waals surface area contributed by atoms with Crippen molar-refractivity contribution in [1.29, 1.82) is 0 Å². The van der Waals surface area contributed by atoms with Crippen molar-refractivity contribution < 1.29 is 4.42 Å². The lowest BCUT2D eigenvalue weighted by Gasteiger charge is -2.33. The molecular formula is C16H27NO. The summed E-state index contributed by atoms with van der Waals surface area (Å²) in [4.78, 5) is 0. The molecule has 1 atom stereocenters. The Kier molecular flexibility index (Phi) is 4.87. The van der Waals surface area contributed by atoms with Crippen LogP contribution in [-0.4, -0.2) is 12.6 Å². The van der Waals surface area contributed by atoms with Crippen LogP contribution in [0.1, 0.15) is 57.9 Å². The van der Waals surface area contributed by atoms with Gasteiger partial charge in [0.25, 0.3) is 0 Å². The van der Waals surface area contributed by atoms with Crippen LogP contribution in [0.25, 0.3) is 0 Å². The third kappa shape index (κ3) is 3.88. The molecule has 0 bridgehead atoms. The Labute approximate surface area is 111 Å². The molecule has 1 fully saturated rings. The Morgan fingerprint density at radius 3 is 2.78 bits per heavy atom. The molecule has 2 rings (SSSR count). The predicted molar refractivity (Wildman–Crippen MR) is 75.7 cm³/mol. The fourth-order valence-corrected chi connectivity index (χ4v) is 2.69. The fraction of sp³-hybridized carbons (Fsp3) is 0.750. The second-order valence-electron chi connectivity index (χ2n) is 5.92. The lowest BCUT2D eigenvalue weighted by Crippen LogP contribution is -2.36. The molecule has 1 heterocycles. The Morgan fingerprint density at radius 1 is 1.39 bits per heavy atom. The first-order valence-electron chi connectivity index (χ1n) is 7.52. The van der Waals surface area contributed by atoms with Gasteiger partial charge >= 0.3 is 0 Å². The van der Waals surface area contributed by atoms with Crippen LogP contribution in [0.5, 0.6) is 0 Å². The van der Waals surface area contributed by atoms with Gasteiger partial charge in [0.1, 0.15) is 0 Å². The lowest BCUT2D eigenvalue weighted by atomic mass is 9.75. The SMILES string of the molecule is CCCCC(CC)(CNC1CC1)Cc1ccoc1. The summed E-state index contributed by atoms with van der Waals surface area (Å²) in [6.45, 7) is 5.79. The van der Waals surface area contributed by atoms with Crippen LogP contribution in [0.15, 0.2) is 23.0 Å². The summed E-state index contributed by atoms with van der Waals surface area (Å²) in [5.74, 6) is 0. The van der Waals surface area contributed by atoms with Gasteiger partial charge in [-0.1, -0.05) is 26.7 Å². The molecule has 1 unspecified atom stereocenters. The van der Waals surface area contributed by atoms with E-state index < -0.39 is 0 Å². The highest BCUT2D eigenvalue weighted by Crippen LogP contribution is 2.34. The summed E-state index contributed by atoms with van der Waals surface area (Å²) >= 11 is 0. The van der Waals surface area contributed by atoms with Crippen molar-refractivity contribution in [3.05, 3.63) is 24.2 Å². The van der Waals surface area contributed by atoms with E-state index in [9.17, 15) is 0 Å². The van der Waals surface area contributed by atoms with Gasteiger partial charge in [-0.2, -0.15) is 0 Å². The minimum atomic E-state index is 0.419. The van der Waals surface area contributed by atoms with Crippen molar-refractivity contribution in [2.75, 3.05) is 6.54 Å². The van der Waals surface area contributed by atoms with Crippen LogP contribution < -0.4 is 5.32 Å². The van der Waals surface area contributed by atoms with E-state index in [1.807, 2.05) is 6.26 Å². The number of nitrogens with one attached hydrogen (secondary N) is 1. The van der Waals surface area contributed by atoms with Crippen molar-refractivity contribution >= 4 is 0 Å². The first-order valence-corrected chi connectivity index (χ1v) is 7.52. The minimum Gasteiger partial charge on any atom is -0.472 e. The maximum Gasteiger partial charge on any atom is 0.0934 e. The third-order valence-corrected chi connectivity index (χ3v) is 4.31. The second-order valence-corrected chi connectivity index (χ2v) is 5.92. The van der Waals surface area contributed by atoms with Gasteiger partial charge in [-0.15, -0.1) is 0 Å². The molecule has 1 aliphatic rings. The Hall–Kier alpha value is -0.760. The molecule has 1 aliphatic carbocycles. The van der Waals surface area contributed by atoms with Crippen molar-refractivity contribution in [3.8, 4) is 0 Å². The molecule has 0 radical (unpaired) electrons. The van der Waals surface area contributed by atoms with Gasteiger partial charge in [-0.3, -0.25) is 0 Å². The van der Waals surface area contributed by atoms with E-state index in [0.29, 0.717) is 5.41 Å². The molecule has 1 aromatic rings. The Morgan fingerprint density at radius 2 is 2.22 bits per heavy atom. The number of furan rings is 1. The van der Waals surface area contributed by atoms with E-state index in [1.54, 1.807) is 6.26 Å². The molecule has 102 valence electrons. The van der Waals surface area contributed by atoms with E-state index in [1.165, 1.54) is 50.6 Å². The zero-order chi connectivity index (χ0) is 12.8. The van der Waals surface area contributed by atoms with Gasteiger partial charge in [0.2, 0.25) is 0 Å². The standard InChI is InChI=1S/C16H27NO/c1-3-5-9-16(4-2,13-17-15-6-7-15)11-14-8-10-18-12-14/h8,10,12,15,17H,3-7,9,11,13H2,1-2H3. The van der Waals surface area contributed by atoms with Crippen molar-refractivity contribution in [1.82, 2.24) is 5.32 Å². The van der Waals surface area contributed by atoms with Crippen molar-refractivity contribution in [2.24, 2.45) is 5.41 Å². The smallest absolute Gasteiger partial charge is 0.0934 e. The average molecular weight is 249 g/mol. The molecule has 0 spiro atoms. The highest BCUT2D eigenvalue weighted by Gasteiger charge is 2.31. The van der Waals surface area contributed by atoms with Gasteiger partial charge in [0, 0.05) is 12.6 Å². The molecule has 0 amide bonds. The van der Waals surface area contributed by atoms with Crippen molar-refractivity contribution in [2.45, 2.75) is 64.8 Å². The molecule has 1 N–H and O–H groups in total. The third-order valence-electron chi connectivity index (χ3n) is 4.31. The number of hydrogen-bond donors (Lipinski definition) is 1. The maximum atomic E-state index is 5.23. The summed E-state index contributed by atoms with van der Waals surface area (Å²) in [6, 6.07) is 2.93. The monoisotopic (exact) mass is 249 g/mol. The van der Waals surface area contributed by atoms with Crippen LogP contribution in [0.4, 0.5) is 0 Å². The number of unbranched alkanes of at least 4 members (excludes halogenated alkanes) is 1. The molecule has 0 aliphatic heterocycles. The first-order chi connectivity index (χ1) is 8.78. The van der Waals surface area contributed by atoms with E-state index in [4.69, 9.17) is 4.42 Å². The van der Waals surface area contributed by atoms with Gasteiger partial charge in [-0.05, 0) is 49.1 Å². The van der Waals surface area contributed by atoms with Crippen LogP contribution in [0.3, 0.4) is 0 Å². The molecule has 1 saturated carbocycles. The van der Waals surface area contributed by atoms with Gasteiger partial charge < -0.3 is 9.73 Å². The van der Waals surface area contributed by atoms with Crippen molar-refractivity contribution in [3.63, 3.8) is 0 Å². The van der Waals surface area contributed by atoms with Gasteiger partial charge in [0.05, 0.1) is 12.5 Å². The molecule has 1 aromatic heterocycles. The van der Waals surface area contributed by atoms with Crippen LogP contribution in [0, 0.1) is 5.41 Å². The number of rotatable bonds is 9. The second kappa shape index (κ2) is 6.42. The summed E-state index contributed by atoms with van der Waals surface area (Å²) in [6.07, 6.45) is 12.8. The normalized spacial score (nSPS) is 18.8. The lowest BCUT2D eigenvalue weighted by molar-refractivity contribution is 0.227. The summed E-state index contributed by atoms with van der Waals surface area (Å²) in [7, 11) is 0. The van der Waals surface area contributed by atoms with E-state index in [0.717, 1.165) is 12.5 Å². The number of hydrogen-bond acceptors (Lipinski definition) is 2. The molecule has 0 aromatic carbocycles. The zero-order valence-corrected chi connectivity index (χ0v) is 11.9. The van der Waals surface area contributed by atoms with E-state index >= 15 is 0 Å². The minimum absolute atomic E-state index is 0.419. The summed E-state index contributed by atoms with van der Waals surface area (Å²) in [5.41, 5.74) is 1.77. The largest absolute Gasteiger partial charge is 0.472 e. The topological polar surface area (TPSA) is 25.2 Å². The average Bonchev–Trinajstić information content (AvgIpc) is 3.10. The highest BCUT2D eigenvalue weighted by atomic mass is 16.3. The summed E-state index contributed by atoms with van der Waals surface area (Å²) < 4.78 is 5.23. The Balaban J connectivity index is 1.97. The highest BCUT2D eigenvalue weighted by molar-refractivity contribution is 5.09. The maximum absolute atomic E-state index is 5.23. The van der Waals surface area contributed by atoms with Gasteiger partial charge in [-0.25, -0.2) is 0 Å². The van der Waals surface area contributed by atoms with Crippen LogP contribution >= 0.6 is 0 Å². The Bertz CT molecular complexity index is 329. The van der Waals surface area contributed by atoms with Crippen LogP contribution in [-0.2, 0) is 6.42 Å². The molecule has 2 nitrogen and oxygen atoms in total. The quantitative estimate of drug-likeness (QED) is 0.711. The summed E-state index contributed by atoms with van der Waals surface area (Å²) in [5, 5.41) is 3.74. The van der Waals surface area contributed by atoms with E-state index in [2.05, 4.69) is 25.2 Å². The first kappa shape index (κ1) is 13.7.